The molecule has 0 amide bonds. The fourth-order valence-corrected chi connectivity index (χ4v) is 2.38. The molecular formula is C16H21F2N3O2. The molecule has 0 radical (unpaired) electrons. The van der Waals surface area contributed by atoms with Crippen molar-refractivity contribution in [2.24, 2.45) is 0 Å². The third-order valence-corrected chi connectivity index (χ3v) is 3.81. The van der Waals surface area contributed by atoms with E-state index in [9.17, 15) is 13.9 Å². The van der Waals surface area contributed by atoms with Crippen molar-refractivity contribution in [1.29, 1.82) is 0 Å². The van der Waals surface area contributed by atoms with Gasteiger partial charge in [-0.15, -0.1) is 0 Å². The number of halogens is 2. The van der Waals surface area contributed by atoms with Crippen LogP contribution in [0, 0.1) is 11.6 Å². The highest BCUT2D eigenvalue weighted by Crippen LogP contribution is 2.31. The predicted octanol–water partition coefficient (Wildman–Crippen LogP) is 2.65. The Labute approximate surface area is 133 Å². The molecule has 1 aromatic carbocycles. The van der Waals surface area contributed by atoms with E-state index in [1.165, 1.54) is 23.4 Å². The van der Waals surface area contributed by atoms with Crippen LogP contribution in [0.15, 0.2) is 30.9 Å². The van der Waals surface area contributed by atoms with Gasteiger partial charge in [0.2, 0.25) is 0 Å². The van der Waals surface area contributed by atoms with Crippen LogP contribution in [-0.4, -0.2) is 32.6 Å². The Kier molecular flexibility index (Phi) is 5.79. The first kappa shape index (κ1) is 17.5. The number of aliphatic hydroxyl groups is 1. The normalized spacial score (nSPS) is 15.3. The van der Waals surface area contributed by atoms with Gasteiger partial charge in [-0.25, -0.2) is 18.4 Å². The average Bonchev–Trinajstić information content (AvgIpc) is 2.99. The zero-order valence-electron chi connectivity index (χ0n) is 13.2. The molecule has 2 aromatic rings. The summed E-state index contributed by atoms with van der Waals surface area (Å²) in [4.78, 5) is 3.82. The van der Waals surface area contributed by atoms with Crippen molar-refractivity contribution >= 4 is 0 Å². The molecule has 1 aromatic heterocycles. The summed E-state index contributed by atoms with van der Waals surface area (Å²) in [6.45, 7) is 4.08. The van der Waals surface area contributed by atoms with Crippen LogP contribution in [-0.2, 0) is 16.9 Å². The third-order valence-electron chi connectivity index (χ3n) is 3.81. The Balaban J connectivity index is 2.33. The van der Waals surface area contributed by atoms with Crippen LogP contribution in [0.3, 0.4) is 0 Å². The predicted molar refractivity (Wildman–Crippen MR) is 80.6 cm³/mol. The van der Waals surface area contributed by atoms with E-state index < -0.39 is 23.3 Å². The number of ether oxygens (including phenoxy) is 1. The van der Waals surface area contributed by atoms with Gasteiger partial charge in [0.15, 0.2) is 0 Å². The van der Waals surface area contributed by atoms with Crippen LogP contribution >= 0.6 is 0 Å². The van der Waals surface area contributed by atoms with Gasteiger partial charge in [0.05, 0.1) is 12.6 Å². The summed E-state index contributed by atoms with van der Waals surface area (Å²) >= 11 is 0. The molecule has 2 rings (SSSR count). The number of nitrogens with zero attached hydrogens (tertiary/aromatic N) is 3. The van der Waals surface area contributed by atoms with Crippen LogP contribution in [0.1, 0.15) is 32.3 Å². The minimum absolute atomic E-state index is 0.0293. The smallest absolute Gasteiger partial charge is 0.138 e. The van der Waals surface area contributed by atoms with E-state index in [2.05, 4.69) is 10.1 Å². The van der Waals surface area contributed by atoms with E-state index in [1.807, 2.05) is 6.92 Å². The molecule has 0 saturated heterocycles. The summed E-state index contributed by atoms with van der Waals surface area (Å²) in [5.74, 6) is -1.52. The standard InChI is InChI=1S/C16H21F2N3O2/c1-3-4-7-23-12(2)16(22,9-21-11-19-10-20-21)14-6-5-13(17)8-15(14)18/h5-6,8,10-12,22H,3-4,7,9H2,1-2H3/t12-,16-/m1/s1. The Morgan fingerprint density at radius 2 is 2.17 bits per heavy atom. The lowest BCUT2D eigenvalue weighted by Crippen LogP contribution is -2.44. The van der Waals surface area contributed by atoms with E-state index in [0.717, 1.165) is 25.0 Å². The molecule has 5 nitrogen and oxygen atoms in total. The van der Waals surface area contributed by atoms with Crippen molar-refractivity contribution in [1.82, 2.24) is 14.8 Å². The van der Waals surface area contributed by atoms with Gasteiger partial charge in [-0.2, -0.15) is 5.10 Å². The molecule has 0 aliphatic heterocycles. The molecule has 0 saturated carbocycles. The fourth-order valence-electron chi connectivity index (χ4n) is 2.38. The fraction of sp³-hybridized carbons (Fsp3) is 0.500. The van der Waals surface area contributed by atoms with Gasteiger partial charge in [-0.1, -0.05) is 19.4 Å². The summed E-state index contributed by atoms with van der Waals surface area (Å²) in [5, 5.41) is 15.1. The van der Waals surface area contributed by atoms with E-state index in [-0.39, 0.29) is 12.1 Å². The van der Waals surface area contributed by atoms with Gasteiger partial charge in [0, 0.05) is 18.2 Å². The summed E-state index contributed by atoms with van der Waals surface area (Å²) in [6, 6.07) is 3.10. The minimum atomic E-state index is -1.70. The van der Waals surface area contributed by atoms with Crippen molar-refractivity contribution in [3.63, 3.8) is 0 Å². The molecule has 1 heterocycles. The highest BCUT2D eigenvalue weighted by atomic mass is 19.1. The molecule has 0 unspecified atom stereocenters. The van der Waals surface area contributed by atoms with Crippen molar-refractivity contribution in [3.05, 3.63) is 48.1 Å². The molecule has 0 aliphatic rings. The number of unbranched alkanes of at least 4 members (excludes halogenated alkanes) is 1. The minimum Gasteiger partial charge on any atom is -0.380 e. The van der Waals surface area contributed by atoms with Crippen molar-refractivity contribution < 1.29 is 18.6 Å². The highest BCUT2D eigenvalue weighted by Gasteiger charge is 2.39. The van der Waals surface area contributed by atoms with Crippen molar-refractivity contribution in [3.8, 4) is 0 Å². The Morgan fingerprint density at radius 3 is 2.78 bits per heavy atom. The summed E-state index contributed by atoms with van der Waals surface area (Å²) in [7, 11) is 0. The van der Waals surface area contributed by atoms with Gasteiger partial charge in [-0.3, -0.25) is 0 Å². The molecule has 126 valence electrons. The van der Waals surface area contributed by atoms with Crippen LogP contribution in [0.25, 0.3) is 0 Å². The number of benzene rings is 1. The van der Waals surface area contributed by atoms with Crippen molar-refractivity contribution in [2.45, 2.75) is 44.9 Å². The maximum atomic E-state index is 14.2. The van der Waals surface area contributed by atoms with Gasteiger partial charge in [-0.05, 0) is 19.4 Å². The van der Waals surface area contributed by atoms with E-state index in [4.69, 9.17) is 4.74 Å². The van der Waals surface area contributed by atoms with Crippen LogP contribution < -0.4 is 0 Å². The summed E-state index contributed by atoms with van der Waals surface area (Å²) in [6.07, 6.45) is 3.81. The monoisotopic (exact) mass is 325 g/mol. The molecular weight excluding hydrogens is 304 g/mol. The maximum absolute atomic E-state index is 14.2. The first-order valence-electron chi connectivity index (χ1n) is 7.59. The zero-order chi connectivity index (χ0) is 16.9. The molecule has 0 aliphatic carbocycles. The Bertz CT molecular complexity index is 622. The van der Waals surface area contributed by atoms with Crippen molar-refractivity contribution in [2.75, 3.05) is 6.61 Å². The molecule has 1 N–H and O–H groups in total. The first-order chi connectivity index (χ1) is 11.0. The molecule has 7 heteroatoms. The second kappa shape index (κ2) is 7.61. The lowest BCUT2D eigenvalue weighted by Gasteiger charge is -2.34. The van der Waals surface area contributed by atoms with E-state index in [1.54, 1.807) is 6.92 Å². The maximum Gasteiger partial charge on any atom is 0.138 e. The van der Waals surface area contributed by atoms with Gasteiger partial charge in [0.25, 0.3) is 0 Å². The number of aromatic nitrogens is 3. The largest absolute Gasteiger partial charge is 0.380 e. The van der Waals surface area contributed by atoms with E-state index in [0.29, 0.717) is 6.61 Å². The van der Waals surface area contributed by atoms with Gasteiger partial charge in [0.1, 0.15) is 29.9 Å². The molecule has 0 bridgehead atoms. The Hall–Kier alpha value is -1.86. The second-order valence-corrected chi connectivity index (χ2v) is 5.51. The highest BCUT2D eigenvalue weighted by molar-refractivity contribution is 5.26. The van der Waals surface area contributed by atoms with Gasteiger partial charge < -0.3 is 9.84 Å². The summed E-state index contributed by atoms with van der Waals surface area (Å²) in [5.41, 5.74) is -1.72. The first-order valence-corrected chi connectivity index (χ1v) is 7.59. The van der Waals surface area contributed by atoms with Crippen LogP contribution in [0.2, 0.25) is 0 Å². The number of rotatable bonds is 8. The van der Waals surface area contributed by atoms with Crippen LogP contribution in [0.4, 0.5) is 8.78 Å². The lowest BCUT2D eigenvalue weighted by molar-refractivity contribution is -0.119. The lowest BCUT2D eigenvalue weighted by atomic mass is 9.88. The molecule has 2 atom stereocenters. The molecule has 23 heavy (non-hydrogen) atoms. The second-order valence-electron chi connectivity index (χ2n) is 5.51. The number of hydrogen-bond donors (Lipinski definition) is 1. The molecule has 0 fully saturated rings. The number of hydrogen-bond acceptors (Lipinski definition) is 4. The van der Waals surface area contributed by atoms with Gasteiger partial charge >= 0.3 is 0 Å². The quantitative estimate of drug-likeness (QED) is 0.758. The Morgan fingerprint density at radius 1 is 1.39 bits per heavy atom. The third kappa shape index (κ3) is 4.11. The summed E-state index contributed by atoms with van der Waals surface area (Å²) < 4.78 is 34.5. The average molecular weight is 325 g/mol. The van der Waals surface area contributed by atoms with E-state index >= 15 is 0 Å². The van der Waals surface area contributed by atoms with Crippen LogP contribution in [0.5, 0.6) is 0 Å². The SMILES string of the molecule is CCCCO[C@H](C)[C@](O)(Cn1cncn1)c1ccc(F)cc1F. The zero-order valence-corrected chi connectivity index (χ0v) is 13.2. The topological polar surface area (TPSA) is 60.2 Å². The molecule has 0 spiro atoms.